The molecular formula is C27H27ClN2O2. The lowest BCUT2D eigenvalue weighted by atomic mass is 9.60. The summed E-state index contributed by atoms with van der Waals surface area (Å²) in [6.45, 7) is 2.14. The fourth-order valence-corrected chi connectivity index (χ4v) is 5.73. The highest BCUT2D eigenvalue weighted by Crippen LogP contribution is 2.54. The Morgan fingerprint density at radius 1 is 0.938 bits per heavy atom. The van der Waals surface area contributed by atoms with E-state index in [4.69, 9.17) is 11.6 Å². The Balaban J connectivity index is 1.39. The van der Waals surface area contributed by atoms with Crippen molar-refractivity contribution in [2.24, 2.45) is 0 Å². The first kappa shape index (κ1) is 21.2. The van der Waals surface area contributed by atoms with Crippen LogP contribution in [-0.4, -0.2) is 52.1 Å². The van der Waals surface area contributed by atoms with Gasteiger partial charge in [0.1, 0.15) is 0 Å². The number of carbonyl (C=O) groups excluding carboxylic acids is 1. The molecule has 2 atom stereocenters. The molecule has 0 bridgehead atoms. The molecule has 0 aromatic heterocycles. The average Bonchev–Trinajstić information content (AvgIpc) is 2.77. The minimum Gasteiger partial charge on any atom is -0.395 e. The highest BCUT2D eigenvalue weighted by atomic mass is 35.5. The molecule has 1 spiro atoms. The van der Waals surface area contributed by atoms with E-state index in [1.165, 1.54) is 5.56 Å². The van der Waals surface area contributed by atoms with Crippen molar-refractivity contribution in [1.29, 1.82) is 0 Å². The highest BCUT2D eigenvalue weighted by Gasteiger charge is 2.66. The fraction of sp³-hybridized carbons (Fsp3) is 0.296. The van der Waals surface area contributed by atoms with E-state index < -0.39 is 0 Å². The van der Waals surface area contributed by atoms with E-state index in [0.29, 0.717) is 31.1 Å². The number of likely N-dealkylation sites (tertiary alicyclic amines) is 2. The van der Waals surface area contributed by atoms with Gasteiger partial charge >= 0.3 is 0 Å². The number of hydrogen-bond donors (Lipinski definition) is 1. The third-order valence-electron chi connectivity index (χ3n) is 7.00. The third kappa shape index (κ3) is 3.73. The first-order valence-corrected chi connectivity index (χ1v) is 11.5. The van der Waals surface area contributed by atoms with Gasteiger partial charge in [-0.25, -0.2) is 0 Å². The van der Waals surface area contributed by atoms with Crippen molar-refractivity contribution in [3.8, 4) is 0 Å². The van der Waals surface area contributed by atoms with Crippen LogP contribution in [0.5, 0.6) is 0 Å². The predicted molar refractivity (Wildman–Crippen MR) is 127 cm³/mol. The molecule has 4 nitrogen and oxygen atoms in total. The van der Waals surface area contributed by atoms with Gasteiger partial charge < -0.3 is 10.0 Å². The Kier molecular flexibility index (Phi) is 5.76. The van der Waals surface area contributed by atoms with Crippen molar-refractivity contribution < 1.29 is 9.90 Å². The smallest absolute Gasteiger partial charge is 0.227 e. The fourth-order valence-electron chi connectivity index (χ4n) is 5.52. The molecule has 3 aromatic rings. The number of rotatable bonds is 6. The number of nitrogens with zero attached hydrogens (tertiary/aromatic N) is 2. The van der Waals surface area contributed by atoms with E-state index in [2.05, 4.69) is 23.1 Å². The number of aliphatic hydroxyl groups is 1. The van der Waals surface area contributed by atoms with Gasteiger partial charge in [-0.05, 0) is 28.8 Å². The molecule has 32 heavy (non-hydrogen) atoms. The molecule has 0 radical (unpaired) electrons. The summed E-state index contributed by atoms with van der Waals surface area (Å²) in [7, 11) is 0. The second-order valence-corrected chi connectivity index (χ2v) is 9.35. The normalized spacial score (nSPS) is 21.8. The summed E-state index contributed by atoms with van der Waals surface area (Å²) in [6, 6.07) is 28.2. The monoisotopic (exact) mass is 446 g/mol. The van der Waals surface area contributed by atoms with E-state index in [1.54, 1.807) is 0 Å². The number of benzene rings is 3. The molecule has 2 fully saturated rings. The van der Waals surface area contributed by atoms with Gasteiger partial charge in [-0.3, -0.25) is 9.69 Å². The van der Waals surface area contributed by atoms with Gasteiger partial charge in [0.2, 0.25) is 5.91 Å². The molecular weight excluding hydrogens is 420 g/mol. The molecule has 5 heteroatoms. The Labute approximate surface area is 194 Å². The zero-order valence-electron chi connectivity index (χ0n) is 17.9. The standard InChI is InChI=1S/C27H27ClN2O2/c28-23-13-7-10-21(14-23)16-30-24(17-31)26(22-11-5-2-6-12-22)27(30)18-29(19-27)25(32)15-20-8-3-1-4-9-20/h1-14,24,26,31H,15-19H2/t24-,26-/m1/s1. The van der Waals surface area contributed by atoms with Crippen LogP contribution in [-0.2, 0) is 17.8 Å². The first-order chi connectivity index (χ1) is 15.6. The lowest BCUT2D eigenvalue weighted by Crippen LogP contribution is -2.84. The van der Waals surface area contributed by atoms with E-state index in [0.717, 1.165) is 11.1 Å². The van der Waals surface area contributed by atoms with Crippen molar-refractivity contribution >= 4 is 17.5 Å². The highest BCUT2D eigenvalue weighted by molar-refractivity contribution is 6.30. The van der Waals surface area contributed by atoms with E-state index >= 15 is 0 Å². The topological polar surface area (TPSA) is 43.8 Å². The number of aliphatic hydroxyl groups excluding tert-OH is 1. The van der Waals surface area contributed by atoms with Crippen molar-refractivity contribution in [1.82, 2.24) is 9.80 Å². The molecule has 2 aliphatic rings. The van der Waals surface area contributed by atoms with Gasteiger partial charge in [0.15, 0.2) is 0 Å². The second kappa shape index (κ2) is 8.70. The molecule has 2 heterocycles. The quantitative estimate of drug-likeness (QED) is 0.619. The Morgan fingerprint density at radius 2 is 1.59 bits per heavy atom. The lowest BCUT2D eigenvalue weighted by molar-refractivity contribution is -0.199. The van der Waals surface area contributed by atoms with Crippen LogP contribution in [0, 0.1) is 0 Å². The summed E-state index contributed by atoms with van der Waals surface area (Å²) < 4.78 is 0. The number of carbonyl (C=O) groups is 1. The molecule has 0 unspecified atom stereocenters. The van der Waals surface area contributed by atoms with Crippen LogP contribution in [0.4, 0.5) is 0 Å². The van der Waals surface area contributed by atoms with E-state index in [9.17, 15) is 9.90 Å². The van der Waals surface area contributed by atoms with Gasteiger partial charge in [-0.1, -0.05) is 84.4 Å². The number of hydrogen-bond acceptors (Lipinski definition) is 3. The SMILES string of the molecule is O=C(Cc1ccccc1)N1CC2(C1)[C@H](c1ccccc1)[C@@H](CO)N2Cc1cccc(Cl)c1. The van der Waals surface area contributed by atoms with Crippen LogP contribution in [0.3, 0.4) is 0 Å². The van der Waals surface area contributed by atoms with Crippen LogP contribution in [0.25, 0.3) is 0 Å². The van der Waals surface area contributed by atoms with Crippen molar-refractivity contribution in [2.75, 3.05) is 19.7 Å². The zero-order chi connectivity index (χ0) is 22.1. The predicted octanol–water partition coefficient (Wildman–Crippen LogP) is 4.12. The van der Waals surface area contributed by atoms with Crippen molar-refractivity contribution in [2.45, 2.75) is 30.5 Å². The summed E-state index contributed by atoms with van der Waals surface area (Å²) in [5, 5.41) is 11.0. The molecule has 0 saturated carbocycles. The minimum atomic E-state index is -0.163. The summed E-state index contributed by atoms with van der Waals surface area (Å²) in [6.07, 6.45) is 0.421. The summed E-state index contributed by atoms with van der Waals surface area (Å²) in [5.41, 5.74) is 3.22. The largest absolute Gasteiger partial charge is 0.395 e. The van der Waals surface area contributed by atoms with Crippen LogP contribution in [0.15, 0.2) is 84.9 Å². The van der Waals surface area contributed by atoms with Crippen molar-refractivity contribution in [3.63, 3.8) is 0 Å². The molecule has 1 N–H and O–H groups in total. The Morgan fingerprint density at radius 3 is 2.25 bits per heavy atom. The van der Waals surface area contributed by atoms with Gasteiger partial charge in [0.05, 0.1) is 18.6 Å². The van der Waals surface area contributed by atoms with Crippen LogP contribution in [0.1, 0.15) is 22.6 Å². The molecule has 3 aromatic carbocycles. The third-order valence-corrected chi connectivity index (χ3v) is 7.24. The molecule has 5 rings (SSSR count). The summed E-state index contributed by atoms with van der Waals surface area (Å²) in [5.74, 6) is 0.345. The van der Waals surface area contributed by atoms with Gasteiger partial charge in [-0.15, -0.1) is 0 Å². The molecule has 2 saturated heterocycles. The maximum atomic E-state index is 13.0. The maximum Gasteiger partial charge on any atom is 0.227 e. The summed E-state index contributed by atoms with van der Waals surface area (Å²) >= 11 is 6.22. The second-order valence-electron chi connectivity index (χ2n) is 8.91. The molecule has 2 aliphatic heterocycles. The maximum absolute atomic E-state index is 13.0. The Bertz CT molecular complexity index is 1080. The summed E-state index contributed by atoms with van der Waals surface area (Å²) in [4.78, 5) is 17.3. The molecule has 0 aliphatic carbocycles. The van der Waals surface area contributed by atoms with Crippen LogP contribution >= 0.6 is 11.6 Å². The van der Waals surface area contributed by atoms with Gasteiger partial charge in [0.25, 0.3) is 0 Å². The van der Waals surface area contributed by atoms with E-state index in [1.807, 2.05) is 71.6 Å². The van der Waals surface area contributed by atoms with Crippen molar-refractivity contribution in [3.05, 3.63) is 107 Å². The van der Waals surface area contributed by atoms with E-state index in [-0.39, 0.29) is 30.0 Å². The minimum absolute atomic E-state index is 0.0164. The first-order valence-electron chi connectivity index (χ1n) is 11.1. The lowest BCUT2D eigenvalue weighted by Gasteiger charge is -2.71. The molecule has 1 amide bonds. The molecule has 164 valence electrons. The van der Waals surface area contributed by atoms with Crippen LogP contribution < -0.4 is 0 Å². The Hall–Kier alpha value is -2.66. The zero-order valence-corrected chi connectivity index (χ0v) is 18.7. The average molecular weight is 447 g/mol. The van der Waals surface area contributed by atoms with Gasteiger partial charge in [-0.2, -0.15) is 0 Å². The van der Waals surface area contributed by atoms with Gasteiger partial charge in [0, 0.05) is 36.6 Å². The number of halogens is 1. The number of amides is 1. The van der Waals surface area contributed by atoms with Crippen LogP contribution in [0.2, 0.25) is 5.02 Å².